The Labute approximate surface area is 129 Å². The Morgan fingerprint density at radius 3 is 2.67 bits per heavy atom. The van der Waals surface area contributed by atoms with E-state index in [1.165, 1.54) is 16.4 Å². The molecule has 1 aromatic rings. The normalized spacial score (nSPS) is 22.8. The summed E-state index contributed by atoms with van der Waals surface area (Å²) in [6.45, 7) is 2.76. The van der Waals surface area contributed by atoms with E-state index in [1.807, 2.05) is 0 Å². The van der Waals surface area contributed by atoms with E-state index in [1.54, 1.807) is 0 Å². The van der Waals surface area contributed by atoms with Crippen LogP contribution in [0, 0.1) is 11.2 Å². The van der Waals surface area contributed by atoms with Gasteiger partial charge in [-0.3, -0.25) is 0 Å². The highest BCUT2D eigenvalue weighted by atomic mass is 35.5. The molecule has 3 rings (SSSR count). The number of rotatable bonds is 2. The number of hydrogen-bond donors (Lipinski definition) is 1. The van der Waals surface area contributed by atoms with E-state index in [0.29, 0.717) is 13.1 Å². The molecule has 7 heteroatoms. The van der Waals surface area contributed by atoms with Gasteiger partial charge in [-0.1, -0.05) is 11.6 Å². The van der Waals surface area contributed by atoms with E-state index in [-0.39, 0.29) is 15.3 Å². The standard InChI is InChI=1S/C14H18ClFN2O2S/c15-11-1-2-12(16)13(9-11)21(19,20)18-8-5-14(10-18)3-6-17-7-4-14/h1-2,9,17H,3-8,10H2. The maximum absolute atomic E-state index is 13.9. The highest BCUT2D eigenvalue weighted by Gasteiger charge is 2.43. The molecule has 0 radical (unpaired) electrons. The van der Waals surface area contributed by atoms with Crippen LogP contribution in [-0.4, -0.2) is 38.9 Å². The fourth-order valence-electron chi connectivity index (χ4n) is 3.28. The predicted molar refractivity (Wildman–Crippen MR) is 79.3 cm³/mol. The highest BCUT2D eigenvalue weighted by Crippen LogP contribution is 2.40. The number of nitrogens with one attached hydrogen (secondary N) is 1. The fraction of sp³-hybridized carbons (Fsp3) is 0.571. The van der Waals surface area contributed by atoms with E-state index in [9.17, 15) is 12.8 Å². The van der Waals surface area contributed by atoms with E-state index in [2.05, 4.69) is 5.32 Å². The minimum Gasteiger partial charge on any atom is -0.317 e. The van der Waals surface area contributed by atoms with Crippen molar-refractivity contribution in [3.63, 3.8) is 0 Å². The van der Waals surface area contributed by atoms with Gasteiger partial charge in [0.05, 0.1) is 0 Å². The van der Waals surface area contributed by atoms with Crippen LogP contribution >= 0.6 is 11.6 Å². The van der Waals surface area contributed by atoms with E-state index >= 15 is 0 Å². The Hall–Kier alpha value is -0.690. The van der Waals surface area contributed by atoms with Crippen LogP contribution in [0.15, 0.2) is 23.1 Å². The molecule has 0 aromatic heterocycles. The number of benzene rings is 1. The summed E-state index contributed by atoms with van der Waals surface area (Å²) in [5.74, 6) is -0.745. The summed E-state index contributed by atoms with van der Waals surface area (Å²) < 4.78 is 40.6. The van der Waals surface area contributed by atoms with Gasteiger partial charge in [-0.2, -0.15) is 4.31 Å². The van der Waals surface area contributed by atoms with Crippen molar-refractivity contribution in [3.8, 4) is 0 Å². The van der Waals surface area contributed by atoms with Crippen molar-refractivity contribution in [2.75, 3.05) is 26.2 Å². The summed E-state index contributed by atoms with van der Waals surface area (Å²) in [5, 5.41) is 3.52. The first-order valence-corrected chi connectivity index (χ1v) is 8.91. The maximum Gasteiger partial charge on any atom is 0.246 e. The quantitative estimate of drug-likeness (QED) is 0.903. The number of halogens is 2. The summed E-state index contributed by atoms with van der Waals surface area (Å²) in [6, 6.07) is 3.65. The summed E-state index contributed by atoms with van der Waals surface area (Å²) in [4.78, 5) is -0.319. The van der Waals surface area contributed by atoms with Crippen molar-refractivity contribution < 1.29 is 12.8 Å². The molecule has 0 bridgehead atoms. The molecule has 2 aliphatic rings. The lowest BCUT2D eigenvalue weighted by atomic mass is 9.78. The molecule has 0 unspecified atom stereocenters. The molecule has 1 N–H and O–H groups in total. The average molecular weight is 333 g/mol. The number of sulfonamides is 1. The molecule has 4 nitrogen and oxygen atoms in total. The molecule has 21 heavy (non-hydrogen) atoms. The molecule has 116 valence electrons. The Morgan fingerprint density at radius 1 is 1.24 bits per heavy atom. The van der Waals surface area contributed by atoms with Gasteiger partial charge in [0.2, 0.25) is 10.0 Å². The second-order valence-corrected chi connectivity index (χ2v) is 8.26. The van der Waals surface area contributed by atoms with Gasteiger partial charge in [-0.25, -0.2) is 12.8 Å². The summed E-state index contributed by atoms with van der Waals surface area (Å²) in [5.41, 5.74) is 0.0490. The lowest BCUT2D eigenvalue weighted by molar-refractivity contribution is 0.218. The Kier molecular flexibility index (Phi) is 3.98. The third kappa shape index (κ3) is 2.82. The topological polar surface area (TPSA) is 49.4 Å². The molecule has 2 heterocycles. The minimum absolute atomic E-state index is 0.0490. The van der Waals surface area contributed by atoms with Crippen molar-refractivity contribution in [2.24, 2.45) is 5.41 Å². The molecule has 0 atom stereocenters. The largest absolute Gasteiger partial charge is 0.317 e. The van der Waals surface area contributed by atoms with Crippen LogP contribution in [0.4, 0.5) is 4.39 Å². The van der Waals surface area contributed by atoms with Crippen molar-refractivity contribution in [1.29, 1.82) is 0 Å². The van der Waals surface area contributed by atoms with Gasteiger partial charge in [0, 0.05) is 18.1 Å². The second-order valence-electron chi connectivity index (χ2n) is 5.91. The molecule has 2 fully saturated rings. The van der Waals surface area contributed by atoms with Crippen molar-refractivity contribution in [3.05, 3.63) is 29.0 Å². The van der Waals surface area contributed by atoms with Crippen LogP contribution in [0.25, 0.3) is 0 Å². The van der Waals surface area contributed by atoms with Crippen LogP contribution in [0.3, 0.4) is 0 Å². The molecular weight excluding hydrogens is 315 g/mol. The van der Waals surface area contributed by atoms with Crippen LogP contribution in [0.2, 0.25) is 5.02 Å². The molecular formula is C14H18ClFN2O2S. The van der Waals surface area contributed by atoms with Crippen LogP contribution < -0.4 is 5.32 Å². The summed E-state index contributed by atoms with van der Waals surface area (Å²) in [7, 11) is -3.81. The molecule has 2 saturated heterocycles. The van der Waals surface area contributed by atoms with Crippen molar-refractivity contribution >= 4 is 21.6 Å². The first-order chi connectivity index (χ1) is 9.93. The molecule has 0 amide bonds. The second kappa shape index (κ2) is 5.50. The molecule has 1 aromatic carbocycles. The SMILES string of the molecule is O=S(=O)(c1cc(Cl)ccc1F)N1CCC2(CCNCC2)C1. The molecule has 0 saturated carbocycles. The van der Waals surface area contributed by atoms with Gasteiger partial charge in [0.1, 0.15) is 10.7 Å². The van der Waals surface area contributed by atoms with Gasteiger partial charge in [0.15, 0.2) is 0 Å². The number of hydrogen-bond acceptors (Lipinski definition) is 3. The van der Waals surface area contributed by atoms with E-state index in [0.717, 1.165) is 38.4 Å². The predicted octanol–water partition coefficient (Wildman–Crippen LogP) is 2.24. The zero-order valence-corrected chi connectivity index (χ0v) is 13.2. The first-order valence-electron chi connectivity index (χ1n) is 7.09. The third-order valence-corrected chi connectivity index (χ3v) is 6.67. The van der Waals surface area contributed by atoms with Gasteiger partial charge in [0.25, 0.3) is 0 Å². The van der Waals surface area contributed by atoms with E-state index in [4.69, 9.17) is 11.6 Å². The monoisotopic (exact) mass is 332 g/mol. The zero-order valence-electron chi connectivity index (χ0n) is 11.6. The summed E-state index contributed by atoms with van der Waals surface area (Å²) in [6.07, 6.45) is 2.78. The third-order valence-electron chi connectivity index (χ3n) is 4.58. The van der Waals surface area contributed by atoms with Crippen LogP contribution in [-0.2, 0) is 10.0 Å². The molecule has 1 spiro atoms. The zero-order chi connectivity index (χ0) is 15.1. The van der Waals surface area contributed by atoms with Crippen molar-refractivity contribution in [2.45, 2.75) is 24.2 Å². The fourth-order valence-corrected chi connectivity index (χ4v) is 5.16. The molecule has 0 aliphatic carbocycles. The Balaban J connectivity index is 1.88. The molecule has 2 aliphatic heterocycles. The van der Waals surface area contributed by atoms with Gasteiger partial charge in [-0.15, -0.1) is 0 Å². The maximum atomic E-state index is 13.9. The summed E-state index contributed by atoms with van der Waals surface area (Å²) >= 11 is 5.81. The average Bonchev–Trinajstić information content (AvgIpc) is 2.87. The van der Waals surface area contributed by atoms with Gasteiger partial charge < -0.3 is 5.32 Å². The van der Waals surface area contributed by atoms with Crippen molar-refractivity contribution in [1.82, 2.24) is 9.62 Å². The number of nitrogens with zero attached hydrogens (tertiary/aromatic N) is 1. The van der Waals surface area contributed by atoms with Crippen LogP contribution in [0.1, 0.15) is 19.3 Å². The lowest BCUT2D eigenvalue weighted by Crippen LogP contribution is -2.39. The smallest absolute Gasteiger partial charge is 0.246 e. The lowest BCUT2D eigenvalue weighted by Gasteiger charge is -2.33. The van der Waals surface area contributed by atoms with Crippen LogP contribution in [0.5, 0.6) is 0 Å². The van der Waals surface area contributed by atoms with Gasteiger partial charge >= 0.3 is 0 Å². The minimum atomic E-state index is -3.81. The van der Waals surface area contributed by atoms with E-state index < -0.39 is 15.8 Å². The number of piperidine rings is 1. The Morgan fingerprint density at radius 2 is 1.95 bits per heavy atom. The highest BCUT2D eigenvalue weighted by molar-refractivity contribution is 7.89. The first kappa shape index (κ1) is 15.2. The van der Waals surface area contributed by atoms with Gasteiger partial charge in [-0.05, 0) is 56.0 Å². The Bertz CT molecular complexity index is 644.